The number of thiophene rings is 1. The summed E-state index contributed by atoms with van der Waals surface area (Å²) in [6.07, 6.45) is 1.54. The molecule has 0 fully saturated rings. The van der Waals surface area contributed by atoms with Crippen molar-refractivity contribution in [3.05, 3.63) is 58.3 Å². The van der Waals surface area contributed by atoms with Crippen molar-refractivity contribution in [2.24, 2.45) is 0 Å². The maximum atomic E-state index is 11.9. The highest BCUT2D eigenvalue weighted by Crippen LogP contribution is 2.11. The Morgan fingerprint density at radius 3 is 2.63 bits per heavy atom. The monoisotopic (exact) mass is 273 g/mol. The van der Waals surface area contributed by atoms with Crippen LogP contribution in [0.2, 0.25) is 0 Å². The molecule has 0 unspecified atom stereocenters. The number of carbonyl (C=O) groups excluding carboxylic acids is 1. The van der Waals surface area contributed by atoms with Gasteiger partial charge in [0.15, 0.2) is 5.78 Å². The molecule has 2 rings (SSSR count). The van der Waals surface area contributed by atoms with E-state index in [1.165, 1.54) is 4.88 Å². The smallest absolute Gasteiger partial charge is 0.162 e. The van der Waals surface area contributed by atoms with Crippen LogP contribution in [0.25, 0.3) is 0 Å². The third-order valence-electron chi connectivity index (χ3n) is 3.05. The predicted molar refractivity (Wildman–Crippen MR) is 80.7 cm³/mol. The second-order valence-electron chi connectivity index (χ2n) is 4.71. The quantitative estimate of drug-likeness (QED) is 0.714. The first-order chi connectivity index (χ1) is 9.25. The number of rotatable bonds is 7. The first kappa shape index (κ1) is 14.0. The standard InChI is InChI=1S/C16H19NOS/c1-17(13-15-9-6-12-19-15)11-5-10-16(18)14-7-3-2-4-8-14/h2-4,6-9,12H,5,10-11,13H2,1H3. The fourth-order valence-corrected chi connectivity index (χ4v) is 2.81. The van der Waals surface area contributed by atoms with E-state index in [1.54, 1.807) is 11.3 Å². The summed E-state index contributed by atoms with van der Waals surface area (Å²) >= 11 is 1.78. The summed E-state index contributed by atoms with van der Waals surface area (Å²) in [5.74, 6) is 0.241. The highest BCUT2D eigenvalue weighted by molar-refractivity contribution is 7.09. The third kappa shape index (κ3) is 4.62. The zero-order chi connectivity index (χ0) is 13.5. The highest BCUT2D eigenvalue weighted by atomic mass is 32.1. The Kier molecular flexibility index (Phi) is 5.31. The summed E-state index contributed by atoms with van der Waals surface area (Å²) in [5, 5.41) is 2.10. The van der Waals surface area contributed by atoms with Crippen LogP contribution >= 0.6 is 11.3 Å². The molecule has 1 aromatic heterocycles. The molecule has 2 nitrogen and oxygen atoms in total. The molecule has 0 saturated carbocycles. The average molecular weight is 273 g/mol. The summed E-state index contributed by atoms with van der Waals surface area (Å²) in [6.45, 7) is 1.92. The Labute approximate surface area is 118 Å². The number of benzene rings is 1. The van der Waals surface area contributed by atoms with Crippen LogP contribution in [0.3, 0.4) is 0 Å². The zero-order valence-corrected chi connectivity index (χ0v) is 12.0. The molecule has 100 valence electrons. The van der Waals surface area contributed by atoms with Crippen LogP contribution in [-0.4, -0.2) is 24.3 Å². The van der Waals surface area contributed by atoms with Crippen molar-refractivity contribution >= 4 is 17.1 Å². The van der Waals surface area contributed by atoms with Crippen molar-refractivity contribution in [3.8, 4) is 0 Å². The lowest BCUT2D eigenvalue weighted by molar-refractivity contribution is 0.0976. The van der Waals surface area contributed by atoms with Gasteiger partial charge in [-0.25, -0.2) is 0 Å². The number of nitrogens with zero attached hydrogens (tertiary/aromatic N) is 1. The lowest BCUT2D eigenvalue weighted by atomic mass is 10.1. The van der Waals surface area contributed by atoms with E-state index in [2.05, 4.69) is 29.5 Å². The van der Waals surface area contributed by atoms with Crippen LogP contribution in [-0.2, 0) is 6.54 Å². The van der Waals surface area contributed by atoms with Crippen molar-refractivity contribution in [3.63, 3.8) is 0 Å². The maximum absolute atomic E-state index is 11.9. The van der Waals surface area contributed by atoms with Gasteiger partial charge in [0.05, 0.1) is 0 Å². The lowest BCUT2D eigenvalue weighted by Crippen LogP contribution is -2.19. The molecule has 19 heavy (non-hydrogen) atoms. The second kappa shape index (κ2) is 7.22. The Morgan fingerprint density at radius 1 is 1.16 bits per heavy atom. The van der Waals surface area contributed by atoms with Gasteiger partial charge in [-0.05, 0) is 31.5 Å². The number of hydrogen-bond donors (Lipinski definition) is 0. The van der Waals surface area contributed by atoms with Crippen molar-refractivity contribution in [1.29, 1.82) is 0 Å². The molecule has 1 heterocycles. The SMILES string of the molecule is CN(CCCC(=O)c1ccccc1)Cc1cccs1. The molecule has 0 bridgehead atoms. The molecule has 0 aliphatic rings. The summed E-state index contributed by atoms with van der Waals surface area (Å²) in [7, 11) is 2.10. The van der Waals surface area contributed by atoms with Gasteiger partial charge in [0.25, 0.3) is 0 Å². The Hall–Kier alpha value is -1.45. The van der Waals surface area contributed by atoms with Gasteiger partial charge in [0.2, 0.25) is 0 Å². The van der Waals surface area contributed by atoms with E-state index >= 15 is 0 Å². The molecule has 3 heteroatoms. The molecular formula is C16H19NOS. The molecule has 0 spiro atoms. The summed E-state index contributed by atoms with van der Waals surface area (Å²) in [5.41, 5.74) is 0.823. The fourth-order valence-electron chi connectivity index (χ4n) is 2.03. The molecule has 1 aromatic carbocycles. The fraction of sp³-hybridized carbons (Fsp3) is 0.312. The third-order valence-corrected chi connectivity index (χ3v) is 3.91. The summed E-state index contributed by atoms with van der Waals surface area (Å²) in [4.78, 5) is 15.6. The van der Waals surface area contributed by atoms with Crippen LogP contribution in [0.1, 0.15) is 28.1 Å². The molecule has 0 saturated heterocycles. The Morgan fingerprint density at radius 2 is 1.95 bits per heavy atom. The highest BCUT2D eigenvalue weighted by Gasteiger charge is 2.06. The van der Waals surface area contributed by atoms with E-state index in [4.69, 9.17) is 0 Å². The average Bonchev–Trinajstić information content (AvgIpc) is 2.92. The van der Waals surface area contributed by atoms with Crippen molar-refractivity contribution in [2.45, 2.75) is 19.4 Å². The van der Waals surface area contributed by atoms with Crippen molar-refractivity contribution < 1.29 is 4.79 Å². The number of Topliss-reactive ketones (excluding diaryl/α,β-unsaturated/α-hetero) is 1. The maximum Gasteiger partial charge on any atom is 0.162 e. The van der Waals surface area contributed by atoms with Crippen molar-refractivity contribution in [2.75, 3.05) is 13.6 Å². The van der Waals surface area contributed by atoms with Gasteiger partial charge in [-0.15, -0.1) is 11.3 Å². The molecule has 2 aromatic rings. The minimum Gasteiger partial charge on any atom is -0.301 e. The van der Waals surface area contributed by atoms with Gasteiger partial charge in [-0.2, -0.15) is 0 Å². The number of hydrogen-bond acceptors (Lipinski definition) is 3. The Balaban J connectivity index is 1.70. The van der Waals surface area contributed by atoms with E-state index in [1.807, 2.05) is 30.3 Å². The van der Waals surface area contributed by atoms with Gasteiger partial charge in [-0.3, -0.25) is 4.79 Å². The van der Waals surface area contributed by atoms with Crippen LogP contribution in [0, 0.1) is 0 Å². The van der Waals surface area contributed by atoms with E-state index in [9.17, 15) is 4.79 Å². The zero-order valence-electron chi connectivity index (χ0n) is 11.2. The molecule has 0 atom stereocenters. The van der Waals surface area contributed by atoms with Crippen molar-refractivity contribution in [1.82, 2.24) is 4.90 Å². The number of ketones is 1. The minimum atomic E-state index is 0.241. The van der Waals surface area contributed by atoms with Crippen LogP contribution in [0.15, 0.2) is 47.8 Å². The Bertz CT molecular complexity index is 493. The van der Waals surface area contributed by atoms with E-state index in [0.29, 0.717) is 6.42 Å². The topological polar surface area (TPSA) is 20.3 Å². The van der Waals surface area contributed by atoms with Crippen LogP contribution in [0.5, 0.6) is 0 Å². The molecule has 0 N–H and O–H groups in total. The molecule has 0 aliphatic heterocycles. The van der Waals surface area contributed by atoms with Gasteiger partial charge in [-0.1, -0.05) is 36.4 Å². The largest absolute Gasteiger partial charge is 0.301 e. The predicted octanol–water partition coefficient (Wildman–Crippen LogP) is 3.84. The van der Waals surface area contributed by atoms with Gasteiger partial charge >= 0.3 is 0 Å². The lowest BCUT2D eigenvalue weighted by Gasteiger charge is -2.15. The normalized spacial score (nSPS) is 10.8. The van der Waals surface area contributed by atoms with Crippen LogP contribution in [0.4, 0.5) is 0 Å². The van der Waals surface area contributed by atoms with Gasteiger partial charge in [0, 0.05) is 23.4 Å². The van der Waals surface area contributed by atoms with E-state index < -0.39 is 0 Å². The minimum absolute atomic E-state index is 0.241. The molecule has 0 radical (unpaired) electrons. The number of carbonyl (C=O) groups is 1. The van der Waals surface area contributed by atoms with Crippen LogP contribution < -0.4 is 0 Å². The second-order valence-corrected chi connectivity index (χ2v) is 5.74. The van der Waals surface area contributed by atoms with Gasteiger partial charge in [0.1, 0.15) is 0 Å². The first-order valence-corrected chi connectivity index (χ1v) is 7.43. The molecular weight excluding hydrogens is 254 g/mol. The summed E-state index contributed by atoms with van der Waals surface area (Å²) < 4.78 is 0. The first-order valence-electron chi connectivity index (χ1n) is 6.55. The molecule has 0 amide bonds. The van der Waals surface area contributed by atoms with E-state index in [-0.39, 0.29) is 5.78 Å². The van der Waals surface area contributed by atoms with E-state index in [0.717, 1.165) is 25.1 Å². The van der Waals surface area contributed by atoms with Gasteiger partial charge < -0.3 is 4.90 Å². The molecule has 0 aliphatic carbocycles. The summed E-state index contributed by atoms with van der Waals surface area (Å²) in [6, 6.07) is 13.8.